The third-order valence-corrected chi connectivity index (χ3v) is 5.73. The first-order valence-corrected chi connectivity index (χ1v) is 10.3. The molecular formula is C21H25NO5S. The van der Waals surface area contributed by atoms with E-state index in [-0.39, 0.29) is 18.3 Å². The van der Waals surface area contributed by atoms with E-state index in [1.807, 2.05) is 41.1 Å². The Hall–Kier alpha value is -2.22. The van der Waals surface area contributed by atoms with Crippen molar-refractivity contribution in [3.63, 3.8) is 0 Å². The van der Waals surface area contributed by atoms with Gasteiger partial charge in [-0.25, -0.2) is 0 Å². The smallest absolute Gasteiger partial charge is 0.310 e. The van der Waals surface area contributed by atoms with E-state index in [0.717, 1.165) is 29.7 Å². The fourth-order valence-corrected chi connectivity index (χ4v) is 4.33. The van der Waals surface area contributed by atoms with Gasteiger partial charge >= 0.3 is 5.97 Å². The Morgan fingerprint density at radius 3 is 2.71 bits per heavy atom. The van der Waals surface area contributed by atoms with Crippen molar-refractivity contribution in [3.8, 4) is 5.75 Å². The van der Waals surface area contributed by atoms with Crippen molar-refractivity contribution in [2.45, 2.75) is 37.3 Å². The molecule has 0 amide bonds. The van der Waals surface area contributed by atoms with E-state index in [9.17, 15) is 9.59 Å². The second kappa shape index (κ2) is 9.32. The number of benzene rings is 1. The van der Waals surface area contributed by atoms with Gasteiger partial charge in [-0.3, -0.25) is 9.59 Å². The summed E-state index contributed by atoms with van der Waals surface area (Å²) in [4.78, 5) is 23.4. The molecule has 1 saturated heterocycles. The quantitative estimate of drug-likeness (QED) is 0.626. The van der Waals surface area contributed by atoms with Crippen LogP contribution in [0.1, 0.15) is 36.8 Å². The summed E-state index contributed by atoms with van der Waals surface area (Å²) in [6.07, 6.45) is 1.37. The molecule has 1 unspecified atom stereocenters. The Labute approximate surface area is 168 Å². The van der Waals surface area contributed by atoms with Crippen LogP contribution in [0.4, 0.5) is 0 Å². The van der Waals surface area contributed by atoms with Crippen LogP contribution in [-0.2, 0) is 19.9 Å². The number of rotatable bonds is 9. The van der Waals surface area contributed by atoms with E-state index in [2.05, 4.69) is 5.32 Å². The minimum Gasteiger partial charge on any atom is -0.490 e. The van der Waals surface area contributed by atoms with Crippen LogP contribution < -0.4 is 10.1 Å². The number of hydrogen-bond donors (Lipinski definition) is 2. The van der Waals surface area contributed by atoms with Crippen molar-refractivity contribution in [1.29, 1.82) is 0 Å². The molecule has 0 saturated carbocycles. The van der Waals surface area contributed by atoms with Gasteiger partial charge in [0.15, 0.2) is 0 Å². The number of thiophene rings is 1. The molecule has 0 spiro atoms. The van der Waals surface area contributed by atoms with Gasteiger partial charge in [0, 0.05) is 19.3 Å². The number of carboxylic acids is 1. The van der Waals surface area contributed by atoms with Gasteiger partial charge in [-0.2, -0.15) is 11.3 Å². The minimum absolute atomic E-state index is 0.0489. The predicted molar refractivity (Wildman–Crippen MR) is 107 cm³/mol. The molecule has 1 aliphatic heterocycles. The molecule has 28 heavy (non-hydrogen) atoms. The fraction of sp³-hybridized carbons (Fsp3) is 0.429. The van der Waals surface area contributed by atoms with Crippen molar-refractivity contribution in [3.05, 3.63) is 52.2 Å². The lowest BCUT2D eigenvalue weighted by atomic mass is 9.79. The van der Waals surface area contributed by atoms with E-state index in [4.69, 9.17) is 14.6 Å². The number of carbonyl (C=O) groups is 2. The van der Waals surface area contributed by atoms with Crippen molar-refractivity contribution in [1.82, 2.24) is 5.32 Å². The molecule has 0 aliphatic carbocycles. The van der Waals surface area contributed by atoms with Gasteiger partial charge in [0.25, 0.3) is 0 Å². The first-order valence-electron chi connectivity index (χ1n) is 9.33. The number of ether oxygens (including phenoxy) is 2. The normalized spacial score (nSPS) is 17.0. The largest absolute Gasteiger partial charge is 0.490 e. The highest BCUT2D eigenvalue weighted by Gasteiger charge is 2.36. The van der Waals surface area contributed by atoms with Crippen molar-refractivity contribution in [2.75, 3.05) is 20.3 Å². The van der Waals surface area contributed by atoms with Crippen molar-refractivity contribution < 1.29 is 24.2 Å². The van der Waals surface area contributed by atoms with Gasteiger partial charge in [-0.15, -0.1) is 0 Å². The van der Waals surface area contributed by atoms with Gasteiger partial charge in [-0.1, -0.05) is 12.1 Å². The third-order valence-electron chi connectivity index (χ3n) is 5.05. The number of carbonyl (C=O) groups excluding carboxylic acids is 1. The van der Waals surface area contributed by atoms with Crippen LogP contribution in [0, 0.1) is 0 Å². The van der Waals surface area contributed by atoms with Crippen LogP contribution >= 0.6 is 11.3 Å². The van der Waals surface area contributed by atoms with E-state index in [0.29, 0.717) is 13.2 Å². The molecule has 6 nitrogen and oxygen atoms in total. The molecule has 150 valence electrons. The molecule has 2 heterocycles. The lowest BCUT2D eigenvalue weighted by Gasteiger charge is -2.34. The molecule has 1 aromatic carbocycles. The topological polar surface area (TPSA) is 84.9 Å². The Balaban J connectivity index is 1.92. The maximum Gasteiger partial charge on any atom is 0.310 e. The van der Waals surface area contributed by atoms with E-state index < -0.39 is 17.9 Å². The van der Waals surface area contributed by atoms with Crippen LogP contribution in [-0.4, -0.2) is 43.2 Å². The molecule has 1 aliphatic rings. The fourth-order valence-electron chi connectivity index (χ4n) is 3.60. The average Bonchev–Trinajstić information content (AvgIpc) is 3.22. The van der Waals surface area contributed by atoms with Crippen LogP contribution in [0.2, 0.25) is 0 Å². The number of nitrogens with one attached hydrogen (secondary N) is 1. The molecule has 1 fully saturated rings. The maximum atomic E-state index is 12.4. The average molecular weight is 404 g/mol. The molecule has 2 aromatic rings. The van der Waals surface area contributed by atoms with E-state index in [1.54, 1.807) is 7.05 Å². The Bertz CT molecular complexity index is 801. The molecule has 2 N–H and O–H groups in total. The Morgan fingerprint density at radius 2 is 2.07 bits per heavy atom. The second-order valence-corrected chi connectivity index (χ2v) is 7.69. The third kappa shape index (κ3) is 4.79. The molecule has 0 bridgehead atoms. The minimum atomic E-state index is -1.11. The summed E-state index contributed by atoms with van der Waals surface area (Å²) in [5.74, 6) is -0.703. The van der Waals surface area contributed by atoms with Crippen molar-refractivity contribution in [2.24, 2.45) is 0 Å². The Kier molecular flexibility index (Phi) is 6.83. The SMILES string of the molecule is CNC(CC(=O)CC(=O)O)(c1ccsc1)c1cccc(OC2CCOCC2)c1. The van der Waals surface area contributed by atoms with Gasteiger partial charge in [-0.05, 0) is 47.1 Å². The summed E-state index contributed by atoms with van der Waals surface area (Å²) >= 11 is 1.54. The van der Waals surface area contributed by atoms with Crippen molar-refractivity contribution >= 4 is 23.1 Å². The van der Waals surface area contributed by atoms with Crippen LogP contribution in [0.25, 0.3) is 0 Å². The second-order valence-electron chi connectivity index (χ2n) is 6.91. The molecule has 1 atom stereocenters. The van der Waals surface area contributed by atoms with Crippen LogP contribution in [0.3, 0.4) is 0 Å². The van der Waals surface area contributed by atoms with Gasteiger partial charge < -0.3 is 19.9 Å². The van der Waals surface area contributed by atoms with E-state index in [1.165, 1.54) is 11.3 Å². The predicted octanol–water partition coefficient (Wildman–Crippen LogP) is 3.20. The number of aliphatic carboxylic acids is 1. The first kappa shape index (κ1) is 20.5. The lowest BCUT2D eigenvalue weighted by molar-refractivity contribution is -0.140. The number of hydrogen-bond acceptors (Lipinski definition) is 6. The zero-order chi connectivity index (χ0) is 20.0. The molecule has 7 heteroatoms. The zero-order valence-corrected chi connectivity index (χ0v) is 16.7. The van der Waals surface area contributed by atoms with Crippen LogP contribution in [0.15, 0.2) is 41.1 Å². The number of Topliss-reactive ketones (excluding diaryl/α,β-unsaturated/α-hetero) is 1. The summed E-state index contributed by atoms with van der Waals surface area (Å²) in [6.45, 7) is 1.40. The Morgan fingerprint density at radius 1 is 1.29 bits per heavy atom. The van der Waals surface area contributed by atoms with Gasteiger partial charge in [0.2, 0.25) is 0 Å². The molecule has 3 rings (SSSR count). The highest BCUT2D eigenvalue weighted by atomic mass is 32.1. The summed E-state index contributed by atoms with van der Waals surface area (Å²) in [5.41, 5.74) is 1.00. The maximum absolute atomic E-state index is 12.4. The molecular weight excluding hydrogens is 378 g/mol. The first-order chi connectivity index (χ1) is 13.5. The number of ketones is 1. The summed E-state index contributed by atoms with van der Waals surface area (Å²) in [6, 6.07) is 9.66. The zero-order valence-electron chi connectivity index (χ0n) is 15.8. The number of carboxylic acid groups (broad SMARTS) is 1. The molecule has 0 radical (unpaired) electrons. The standard InChI is InChI=1S/C21H25NO5S/c1-22-21(16-7-10-28-14-16,13-17(23)12-20(24)25)15-3-2-4-19(11-15)27-18-5-8-26-9-6-18/h2-4,7,10-11,14,18,22H,5-6,8-9,12-13H2,1H3,(H,24,25). The lowest BCUT2D eigenvalue weighted by Crippen LogP contribution is -2.43. The summed E-state index contributed by atoms with van der Waals surface area (Å²) < 4.78 is 11.5. The van der Waals surface area contributed by atoms with Crippen LogP contribution in [0.5, 0.6) is 5.75 Å². The molecule has 1 aromatic heterocycles. The summed E-state index contributed by atoms with van der Waals surface area (Å²) in [7, 11) is 1.79. The van der Waals surface area contributed by atoms with E-state index >= 15 is 0 Å². The summed E-state index contributed by atoms with van der Waals surface area (Å²) in [5, 5.41) is 16.2. The highest BCUT2D eigenvalue weighted by Crippen LogP contribution is 2.36. The van der Waals surface area contributed by atoms with Gasteiger partial charge in [0.05, 0.1) is 18.8 Å². The highest BCUT2D eigenvalue weighted by molar-refractivity contribution is 7.08. The monoisotopic (exact) mass is 403 g/mol. The van der Waals surface area contributed by atoms with Gasteiger partial charge in [0.1, 0.15) is 24.1 Å².